The van der Waals surface area contributed by atoms with Gasteiger partial charge in [0.15, 0.2) is 0 Å². The Labute approximate surface area is 176 Å². The summed E-state index contributed by atoms with van der Waals surface area (Å²) in [6, 6.07) is 8.38. The number of halogens is 1. The van der Waals surface area contributed by atoms with E-state index in [-0.39, 0.29) is 27.4 Å². The quantitative estimate of drug-likeness (QED) is 0.644. The number of hydrogen-bond donors (Lipinski definition) is 1. The van der Waals surface area contributed by atoms with E-state index in [4.69, 9.17) is 11.6 Å². The predicted octanol–water partition coefficient (Wildman–Crippen LogP) is 3.46. The fourth-order valence-electron chi connectivity index (χ4n) is 2.85. The first-order chi connectivity index (χ1) is 13.2. The van der Waals surface area contributed by atoms with Crippen LogP contribution in [0.1, 0.15) is 35.1 Å². The largest absolute Gasteiger partial charge is 0.350 e. The first kappa shape index (κ1) is 22.8. The third kappa shape index (κ3) is 5.12. The number of amides is 1. The second-order valence-electron chi connectivity index (χ2n) is 6.44. The van der Waals surface area contributed by atoms with Crippen molar-refractivity contribution in [2.75, 3.05) is 33.7 Å². The minimum absolute atomic E-state index is 0.0372. The zero-order valence-corrected chi connectivity index (χ0v) is 18.9. The van der Waals surface area contributed by atoms with E-state index < -0.39 is 10.0 Å². The van der Waals surface area contributed by atoms with E-state index in [1.54, 1.807) is 25.2 Å². The summed E-state index contributed by atoms with van der Waals surface area (Å²) in [6.07, 6.45) is 0. The Hall–Kier alpha value is -1.45. The zero-order valence-electron chi connectivity index (χ0n) is 16.5. The number of carbonyl (C=O) groups is 1. The molecule has 1 atom stereocenters. The van der Waals surface area contributed by atoms with E-state index in [0.717, 1.165) is 4.88 Å². The molecule has 0 saturated carbocycles. The molecule has 1 unspecified atom stereocenters. The van der Waals surface area contributed by atoms with Crippen LogP contribution in [-0.2, 0) is 10.0 Å². The molecule has 1 aromatic carbocycles. The first-order valence-corrected chi connectivity index (χ1v) is 11.7. The van der Waals surface area contributed by atoms with Gasteiger partial charge in [-0.15, -0.1) is 11.3 Å². The van der Waals surface area contributed by atoms with Crippen LogP contribution in [-0.4, -0.2) is 57.3 Å². The molecule has 0 fully saturated rings. The SMILES string of the molecule is CCN(CC)S(=O)(=O)c1cc(C(=O)NCC(c2cccs2)N(C)C)ccc1Cl. The molecule has 0 radical (unpaired) electrons. The van der Waals surface area contributed by atoms with Gasteiger partial charge in [-0.25, -0.2) is 8.42 Å². The number of benzene rings is 1. The molecule has 2 aromatic rings. The molecule has 0 aliphatic heterocycles. The highest BCUT2D eigenvalue weighted by Crippen LogP contribution is 2.26. The molecule has 1 N–H and O–H groups in total. The van der Waals surface area contributed by atoms with E-state index in [9.17, 15) is 13.2 Å². The molecule has 0 aliphatic rings. The zero-order chi connectivity index (χ0) is 20.9. The summed E-state index contributed by atoms with van der Waals surface area (Å²) >= 11 is 7.76. The van der Waals surface area contributed by atoms with Crippen LogP contribution in [0.3, 0.4) is 0 Å². The van der Waals surface area contributed by atoms with Crippen LogP contribution in [0.4, 0.5) is 0 Å². The summed E-state index contributed by atoms with van der Waals surface area (Å²) < 4.78 is 26.9. The molecule has 0 aliphatic carbocycles. The molecule has 1 aromatic heterocycles. The molecule has 9 heteroatoms. The smallest absolute Gasteiger partial charge is 0.251 e. The lowest BCUT2D eigenvalue weighted by molar-refractivity contribution is 0.0942. The summed E-state index contributed by atoms with van der Waals surface area (Å²) in [6.45, 7) is 4.59. The third-order valence-corrected chi connectivity index (χ3v) is 7.97. The molecule has 0 saturated heterocycles. The summed E-state index contributed by atoms with van der Waals surface area (Å²) in [4.78, 5) is 15.8. The van der Waals surface area contributed by atoms with Crippen molar-refractivity contribution < 1.29 is 13.2 Å². The topological polar surface area (TPSA) is 69.7 Å². The monoisotopic (exact) mass is 443 g/mol. The summed E-state index contributed by atoms with van der Waals surface area (Å²) in [5.74, 6) is -0.337. The third-order valence-electron chi connectivity index (χ3n) is 4.47. The van der Waals surface area contributed by atoms with Crippen molar-refractivity contribution in [3.63, 3.8) is 0 Å². The van der Waals surface area contributed by atoms with Gasteiger partial charge in [-0.2, -0.15) is 4.31 Å². The number of sulfonamides is 1. The van der Waals surface area contributed by atoms with Gasteiger partial charge in [-0.05, 0) is 43.7 Å². The Morgan fingerprint density at radius 3 is 2.43 bits per heavy atom. The Balaban J connectivity index is 2.23. The number of nitrogens with one attached hydrogen (secondary N) is 1. The molecule has 28 heavy (non-hydrogen) atoms. The van der Waals surface area contributed by atoms with E-state index in [0.29, 0.717) is 19.6 Å². The minimum Gasteiger partial charge on any atom is -0.350 e. The maximum absolute atomic E-state index is 12.8. The standard InChI is InChI=1S/C19H26ClN3O3S2/c1-5-23(6-2)28(25,26)18-12-14(9-10-15(18)20)19(24)21-13-16(22(3)4)17-8-7-11-27-17/h7-12,16H,5-6,13H2,1-4H3,(H,21,24). The van der Waals surface area contributed by atoms with Gasteiger partial charge < -0.3 is 10.2 Å². The average Bonchev–Trinajstić information content (AvgIpc) is 3.16. The Morgan fingerprint density at radius 2 is 1.89 bits per heavy atom. The van der Waals surface area contributed by atoms with Gasteiger partial charge in [-0.3, -0.25) is 4.79 Å². The van der Waals surface area contributed by atoms with Crippen molar-refractivity contribution in [2.24, 2.45) is 0 Å². The molecule has 0 spiro atoms. The number of rotatable bonds is 9. The van der Waals surface area contributed by atoms with Crippen molar-refractivity contribution in [1.82, 2.24) is 14.5 Å². The maximum Gasteiger partial charge on any atom is 0.251 e. The van der Waals surface area contributed by atoms with E-state index in [1.165, 1.54) is 22.5 Å². The van der Waals surface area contributed by atoms with Gasteiger partial charge in [0.1, 0.15) is 4.90 Å². The lowest BCUT2D eigenvalue weighted by atomic mass is 10.2. The molecule has 6 nitrogen and oxygen atoms in total. The van der Waals surface area contributed by atoms with Crippen molar-refractivity contribution in [3.05, 3.63) is 51.2 Å². The number of hydrogen-bond acceptors (Lipinski definition) is 5. The number of thiophene rings is 1. The maximum atomic E-state index is 12.8. The highest BCUT2D eigenvalue weighted by Gasteiger charge is 2.26. The number of likely N-dealkylation sites (N-methyl/N-ethyl adjacent to an activating group) is 1. The van der Waals surface area contributed by atoms with Crippen molar-refractivity contribution in [1.29, 1.82) is 0 Å². The van der Waals surface area contributed by atoms with Crippen LogP contribution < -0.4 is 5.32 Å². The van der Waals surface area contributed by atoms with Gasteiger partial charge in [-0.1, -0.05) is 31.5 Å². The van der Waals surface area contributed by atoms with Crippen LogP contribution in [0.2, 0.25) is 5.02 Å². The van der Waals surface area contributed by atoms with Gasteiger partial charge in [0.05, 0.1) is 11.1 Å². The van der Waals surface area contributed by atoms with Crippen LogP contribution in [0.5, 0.6) is 0 Å². The van der Waals surface area contributed by atoms with E-state index in [1.807, 2.05) is 36.5 Å². The first-order valence-electron chi connectivity index (χ1n) is 9.00. The number of carbonyl (C=O) groups excluding carboxylic acids is 1. The highest BCUT2D eigenvalue weighted by molar-refractivity contribution is 7.89. The van der Waals surface area contributed by atoms with E-state index in [2.05, 4.69) is 5.32 Å². The molecule has 1 amide bonds. The molecular weight excluding hydrogens is 418 g/mol. The fraction of sp³-hybridized carbons (Fsp3) is 0.421. The lowest BCUT2D eigenvalue weighted by Gasteiger charge is -2.23. The van der Waals surface area contributed by atoms with E-state index >= 15 is 0 Å². The molecule has 1 heterocycles. The van der Waals surface area contributed by atoms with Crippen LogP contribution in [0, 0.1) is 0 Å². The second-order valence-corrected chi connectivity index (χ2v) is 9.73. The van der Waals surface area contributed by atoms with Gasteiger partial charge in [0, 0.05) is 30.1 Å². The summed E-state index contributed by atoms with van der Waals surface area (Å²) in [7, 11) is 0.151. The molecule has 0 bridgehead atoms. The van der Waals surface area contributed by atoms with Crippen molar-refractivity contribution in [2.45, 2.75) is 24.8 Å². The second kappa shape index (κ2) is 9.84. The van der Waals surface area contributed by atoms with Crippen LogP contribution in [0.15, 0.2) is 40.6 Å². The summed E-state index contributed by atoms with van der Waals surface area (Å²) in [5, 5.41) is 5.00. The number of nitrogens with zero attached hydrogens (tertiary/aromatic N) is 2. The Bertz CT molecular complexity index is 895. The normalized spacial score (nSPS) is 13.1. The van der Waals surface area contributed by atoms with Crippen LogP contribution >= 0.6 is 22.9 Å². The van der Waals surface area contributed by atoms with Gasteiger partial charge >= 0.3 is 0 Å². The lowest BCUT2D eigenvalue weighted by Crippen LogP contribution is -2.34. The van der Waals surface area contributed by atoms with Crippen molar-refractivity contribution >= 4 is 38.9 Å². The minimum atomic E-state index is -3.75. The van der Waals surface area contributed by atoms with Gasteiger partial charge in [0.25, 0.3) is 5.91 Å². The molecule has 154 valence electrons. The van der Waals surface area contributed by atoms with Crippen LogP contribution in [0.25, 0.3) is 0 Å². The summed E-state index contributed by atoms with van der Waals surface area (Å²) in [5.41, 5.74) is 0.263. The Kier molecular flexibility index (Phi) is 8.03. The molecular formula is C19H26ClN3O3S2. The fourth-order valence-corrected chi connectivity index (χ4v) is 5.74. The van der Waals surface area contributed by atoms with Gasteiger partial charge in [0.2, 0.25) is 10.0 Å². The van der Waals surface area contributed by atoms with Crippen molar-refractivity contribution in [3.8, 4) is 0 Å². The average molecular weight is 444 g/mol. The predicted molar refractivity (Wildman–Crippen MR) is 115 cm³/mol. The molecule has 2 rings (SSSR count). The highest BCUT2D eigenvalue weighted by atomic mass is 35.5. The Morgan fingerprint density at radius 1 is 1.21 bits per heavy atom.